The molecule has 0 unspecified atom stereocenters. The molecular formula is C20H19FN4S2. The summed E-state index contributed by atoms with van der Waals surface area (Å²) in [7, 11) is 0. The third-order valence-corrected chi connectivity index (χ3v) is 7.25. The van der Waals surface area contributed by atoms with Crippen LogP contribution in [-0.4, -0.2) is 22.6 Å². The van der Waals surface area contributed by atoms with Crippen LogP contribution in [0.15, 0.2) is 36.0 Å². The predicted molar refractivity (Wildman–Crippen MR) is 112 cm³/mol. The number of halogens is 1. The molecule has 138 valence electrons. The number of nitrogens with one attached hydrogen (secondary N) is 2. The van der Waals surface area contributed by atoms with Gasteiger partial charge in [-0.15, -0.1) is 22.7 Å². The number of anilines is 2. The van der Waals surface area contributed by atoms with Crippen LogP contribution in [0.1, 0.15) is 30.6 Å². The van der Waals surface area contributed by atoms with Crippen molar-refractivity contribution in [2.45, 2.75) is 31.7 Å². The van der Waals surface area contributed by atoms with Gasteiger partial charge in [-0.2, -0.15) is 0 Å². The third kappa shape index (κ3) is 3.09. The fourth-order valence-electron chi connectivity index (χ4n) is 3.81. The maximum Gasteiger partial charge on any atom is 0.165 e. The average molecular weight is 399 g/mol. The lowest BCUT2D eigenvalue weighted by atomic mass is 9.90. The van der Waals surface area contributed by atoms with Gasteiger partial charge in [0.05, 0.1) is 27.6 Å². The van der Waals surface area contributed by atoms with E-state index >= 15 is 0 Å². The van der Waals surface area contributed by atoms with Crippen molar-refractivity contribution in [1.82, 2.24) is 15.3 Å². The molecule has 4 nitrogen and oxygen atoms in total. The fraction of sp³-hybridized carbons (Fsp3) is 0.300. The first-order valence-electron chi connectivity index (χ1n) is 9.10. The first-order valence-corrected chi connectivity index (χ1v) is 10.8. The summed E-state index contributed by atoms with van der Waals surface area (Å²) in [4.78, 5) is 10.8. The number of aromatic nitrogens is 2. The molecule has 7 heteroatoms. The summed E-state index contributed by atoms with van der Waals surface area (Å²) in [6.45, 7) is 3.30. The van der Waals surface area contributed by atoms with E-state index in [0.29, 0.717) is 17.6 Å². The highest BCUT2D eigenvalue weighted by Gasteiger charge is 2.25. The number of rotatable bonds is 3. The Morgan fingerprint density at radius 2 is 2.19 bits per heavy atom. The Balaban J connectivity index is 1.55. The molecule has 0 amide bonds. The van der Waals surface area contributed by atoms with Gasteiger partial charge in [0, 0.05) is 27.9 Å². The van der Waals surface area contributed by atoms with Crippen LogP contribution < -0.4 is 10.6 Å². The number of hydrogen-bond acceptors (Lipinski definition) is 6. The number of benzene rings is 1. The second-order valence-electron chi connectivity index (χ2n) is 7.00. The van der Waals surface area contributed by atoms with Crippen LogP contribution in [0.4, 0.5) is 15.8 Å². The van der Waals surface area contributed by atoms with Gasteiger partial charge >= 0.3 is 0 Å². The van der Waals surface area contributed by atoms with Gasteiger partial charge in [-0.1, -0.05) is 0 Å². The SMILES string of the molecule is C[C@@H]1NCCC[C@H]1c1cc2c(Nc3ccc4scnc4c3)c(F)cnc2s1. The van der Waals surface area contributed by atoms with E-state index in [-0.39, 0.29) is 5.82 Å². The van der Waals surface area contributed by atoms with Gasteiger partial charge in [0.25, 0.3) is 0 Å². The van der Waals surface area contributed by atoms with E-state index in [2.05, 4.69) is 33.6 Å². The van der Waals surface area contributed by atoms with Crippen molar-refractivity contribution in [3.8, 4) is 0 Å². The summed E-state index contributed by atoms with van der Waals surface area (Å²) in [5.41, 5.74) is 4.07. The molecule has 0 saturated carbocycles. The Labute approximate surface area is 164 Å². The smallest absolute Gasteiger partial charge is 0.165 e. The number of hydrogen-bond donors (Lipinski definition) is 2. The van der Waals surface area contributed by atoms with Crippen LogP contribution in [0.3, 0.4) is 0 Å². The fourth-order valence-corrected chi connectivity index (χ4v) is 5.71. The van der Waals surface area contributed by atoms with Gasteiger partial charge in [0.2, 0.25) is 0 Å². The highest BCUT2D eigenvalue weighted by atomic mass is 32.1. The van der Waals surface area contributed by atoms with E-state index in [1.165, 1.54) is 17.5 Å². The second-order valence-corrected chi connectivity index (χ2v) is 8.95. The van der Waals surface area contributed by atoms with Crippen molar-refractivity contribution in [2.24, 2.45) is 0 Å². The van der Waals surface area contributed by atoms with Crippen molar-refractivity contribution < 1.29 is 4.39 Å². The molecule has 0 bridgehead atoms. The van der Waals surface area contributed by atoms with Crippen molar-refractivity contribution >= 4 is 54.5 Å². The van der Waals surface area contributed by atoms with Crippen LogP contribution in [0.25, 0.3) is 20.4 Å². The lowest BCUT2D eigenvalue weighted by Crippen LogP contribution is -2.37. The summed E-state index contributed by atoms with van der Waals surface area (Å²) in [5, 5.41) is 7.66. The standard InChI is InChI=1S/C20H19FN4S2/c1-11-13(3-2-6-22-11)18-8-14-19(15(21)9-23-20(14)27-18)25-12-4-5-17-16(7-12)24-10-26-17/h4-5,7-11,13,22H,2-3,6H2,1H3,(H,23,25)/t11-,13+/m0/s1. The molecular weight excluding hydrogens is 379 g/mol. The Morgan fingerprint density at radius 1 is 1.26 bits per heavy atom. The summed E-state index contributed by atoms with van der Waals surface area (Å²) in [6, 6.07) is 8.48. The first kappa shape index (κ1) is 17.0. The minimum atomic E-state index is -0.333. The number of thiophene rings is 1. The van der Waals surface area contributed by atoms with E-state index in [1.807, 2.05) is 23.7 Å². The van der Waals surface area contributed by atoms with Gasteiger partial charge in [-0.25, -0.2) is 14.4 Å². The molecule has 5 rings (SSSR count). The van der Waals surface area contributed by atoms with Crippen molar-refractivity contribution in [1.29, 1.82) is 0 Å². The van der Waals surface area contributed by atoms with E-state index in [9.17, 15) is 4.39 Å². The summed E-state index contributed by atoms with van der Waals surface area (Å²) >= 11 is 3.28. The van der Waals surface area contributed by atoms with Crippen LogP contribution in [-0.2, 0) is 0 Å². The Morgan fingerprint density at radius 3 is 3.07 bits per heavy atom. The maximum atomic E-state index is 14.6. The van der Waals surface area contributed by atoms with E-state index in [4.69, 9.17) is 0 Å². The van der Waals surface area contributed by atoms with E-state index in [1.54, 1.807) is 22.7 Å². The summed E-state index contributed by atoms with van der Waals surface area (Å²) in [6.07, 6.45) is 3.64. The third-order valence-electron chi connectivity index (χ3n) is 5.26. The minimum absolute atomic E-state index is 0.333. The van der Waals surface area contributed by atoms with Gasteiger partial charge < -0.3 is 10.6 Å². The Bertz CT molecular complexity index is 1120. The van der Waals surface area contributed by atoms with Crippen molar-refractivity contribution in [2.75, 3.05) is 11.9 Å². The molecule has 0 radical (unpaired) electrons. The van der Waals surface area contributed by atoms with Crippen LogP contribution in [0, 0.1) is 5.82 Å². The number of thiazole rings is 1. The lowest BCUT2D eigenvalue weighted by molar-refractivity contribution is 0.375. The highest BCUT2D eigenvalue weighted by molar-refractivity contribution is 7.18. The zero-order valence-electron chi connectivity index (χ0n) is 14.8. The average Bonchev–Trinajstić information content (AvgIpc) is 3.31. The normalized spacial score (nSPS) is 20.4. The number of pyridine rings is 1. The zero-order chi connectivity index (χ0) is 18.4. The van der Waals surface area contributed by atoms with Crippen LogP contribution in [0.2, 0.25) is 0 Å². The van der Waals surface area contributed by atoms with Crippen LogP contribution >= 0.6 is 22.7 Å². The molecule has 1 aromatic carbocycles. The molecule has 27 heavy (non-hydrogen) atoms. The monoisotopic (exact) mass is 398 g/mol. The van der Waals surface area contributed by atoms with Crippen molar-refractivity contribution in [3.05, 3.63) is 46.7 Å². The molecule has 1 aliphatic rings. The molecule has 3 aromatic heterocycles. The maximum absolute atomic E-state index is 14.6. The summed E-state index contributed by atoms with van der Waals surface area (Å²) < 4.78 is 15.8. The van der Waals surface area contributed by atoms with Gasteiger partial charge in [-0.05, 0) is 50.6 Å². The highest BCUT2D eigenvalue weighted by Crippen LogP contribution is 2.39. The van der Waals surface area contributed by atoms with Crippen molar-refractivity contribution in [3.63, 3.8) is 0 Å². The predicted octanol–water partition coefficient (Wildman–Crippen LogP) is 5.64. The van der Waals surface area contributed by atoms with E-state index in [0.717, 1.165) is 39.1 Å². The van der Waals surface area contributed by atoms with Gasteiger partial charge in [0.1, 0.15) is 4.83 Å². The topological polar surface area (TPSA) is 49.8 Å². The Kier molecular flexibility index (Phi) is 4.30. The number of fused-ring (bicyclic) bond motifs is 2. The quantitative estimate of drug-likeness (QED) is 0.469. The number of nitrogens with zero attached hydrogens (tertiary/aromatic N) is 2. The minimum Gasteiger partial charge on any atom is -0.352 e. The van der Waals surface area contributed by atoms with E-state index < -0.39 is 0 Å². The molecule has 2 N–H and O–H groups in total. The molecule has 2 atom stereocenters. The second kappa shape index (κ2) is 6.82. The van der Waals surface area contributed by atoms with Gasteiger partial charge in [0.15, 0.2) is 5.82 Å². The molecule has 4 aromatic rings. The lowest BCUT2D eigenvalue weighted by Gasteiger charge is -2.29. The molecule has 1 aliphatic heterocycles. The molecule has 1 saturated heterocycles. The Hall–Kier alpha value is -2.09. The van der Waals surface area contributed by atoms with Gasteiger partial charge in [-0.3, -0.25) is 0 Å². The molecule has 0 aliphatic carbocycles. The molecule has 1 fully saturated rings. The first-order chi connectivity index (χ1) is 13.2. The molecule has 0 spiro atoms. The largest absolute Gasteiger partial charge is 0.352 e. The molecule has 4 heterocycles. The zero-order valence-corrected chi connectivity index (χ0v) is 16.5. The number of piperidine rings is 1. The van der Waals surface area contributed by atoms with Crippen LogP contribution in [0.5, 0.6) is 0 Å². The summed E-state index contributed by atoms with van der Waals surface area (Å²) in [5.74, 6) is 0.125.